The third-order valence-electron chi connectivity index (χ3n) is 4.08. The van der Waals surface area contributed by atoms with Gasteiger partial charge in [0, 0.05) is 5.02 Å². The van der Waals surface area contributed by atoms with Crippen LogP contribution in [0.4, 0.5) is 10.1 Å². The summed E-state index contributed by atoms with van der Waals surface area (Å²) in [5.74, 6) is -3.16. The van der Waals surface area contributed by atoms with Gasteiger partial charge in [0.2, 0.25) is 5.91 Å². The van der Waals surface area contributed by atoms with E-state index in [-0.39, 0.29) is 11.6 Å². The van der Waals surface area contributed by atoms with Gasteiger partial charge >= 0.3 is 5.97 Å². The van der Waals surface area contributed by atoms with Crippen molar-refractivity contribution in [3.8, 4) is 0 Å². The molecule has 2 N–H and O–H groups in total. The lowest BCUT2D eigenvalue weighted by Gasteiger charge is -2.16. The first-order chi connectivity index (χ1) is 9.92. The van der Waals surface area contributed by atoms with Crippen LogP contribution in [0, 0.1) is 23.6 Å². The average Bonchev–Trinajstić information content (AvgIpc) is 2.87. The predicted molar refractivity (Wildman–Crippen MR) is 77.7 cm³/mol. The number of hydrogen-bond donors (Lipinski definition) is 2. The Labute approximate surface area is 127 Å². The summed E-state index contributed by atoms with van der Waals surface area (Å²) >= 11 is 5.77. The molecule has 114 valence electrons. The molecule has 2 rings (SSSR count). The fraction of sp³-hybridized carbons (Fsp3) is 0.467. The maximum atomic E-state index is 13.6. The van der Waals surface area contributed by atoms with E-state index in [1.165, 1.54) is 12.1 Å². The van der Waals surface area contributed by atoms with Gasteiger partial charge in [0.1, 0.15) is 5.82 Å². The highest BCUT2D eigenvalue weighted by atomic mass is 35.5. The largest absolute Gasteiger partial charge is 0.481 e. The van der Waals surface area contributed by atoms with Crippen LogP contribution in [0.1, 0.15) is 26.2 Å². The van der Waals surface area contributed by atoms with Crippen molar-refractivity contribution in [3.05, 3.63) is 29.0 Å². The van der Waals surface area contributed by atoms with Crippen LogP contribution in [0.2, 0.25) is 5.02 Å². The molecule has 1 amide bonds. The van der Waals surface area contributed by atoms with Gasteiger partial charge in [-0.3, -0.25) is 9.59 Å². The second-order valence-electron chi connectivity index (χ2n) is 5.41. The summed E-state index contributed by atoms with van der Waals surface area (Å²) in [6.45, 7) is 1.97. The number of halogens is 2. The highest BCUT2D eigenvalue weighted by Gasteiger charge is 2.42. The van der Waals surface area contributed by atoms with E-state index < -0.39 is 29.5 Å². The zero-order chi connectivity index (χ0) is 15.6. The number of carboxylic acids is 1. The molecule has 0 saturated heterocycles. The third-order valence-corrected chi connectivity index (χ3v) is 4.31. The SMILES string of the molecule is CCC1CC(C(=O)O)C(C(=O)Nc2cc(Cl)ccc2F)C1. The van der Waals surface area contributed by atoms with E-state index in [4.69, 9.17) is 11.6 Å². The Balaban J connectivity index is 2.15. The molecule has 1 fully saturated rings. The van der Waals surface area contributed by atoms with Crippen molar-refractivity contribution in [2.75, 3.05) is 5.32 Å². The molecule has 0 radical (unpaired) electrons. The number of carbonyl (C=O) groups is 2. The summed E-state index contributed by atoms with van der Waals surface area (Å²) < 4.78 is 13.6. The molecule has 0 heterocycles. The molecule has 1 saturated carbocycles. The van der Waals surface area contributed by atoms with Crippen LogP contribution in [-0.4, -0.2) is 17.0 Å². The number of aliphatic carboxylic acids is 1. The summed E-state index contributed by atoms with van der Waals surface area (Å²) in [4.78, 5) is 23.5. The van der Waals surface area contributed by atoms with Crippen LogP contribution in [0.5, 0.6) is 0 Å². The van der Waals surface area contributed by atoms with Crippen molar-refractivity contribution in [1.82, 2.24) is 0 Å². The number of amides is 1. The minimum atomic E-state index is -0.974. The van der Waals surface area contributed by atoms with Crippen molar-refractivity contribution in [2.45, 2.75) is 26.2 Å². The second-order valence-corrected chi connectivity index (χ2v) is 5.85. The van der Waals surface area contributed by atoms with Crippen LogP contribution in [0.3, 0.4) is 0 Å². The second kappa shape index (κ2) is 6.43. The molecule has 1 aromatic rings. The normalized spacial score (nSPS) is 24.8. The highest BCUT2D eigenvalue weighted by molar-refractivity contribution is 6.30. The third kappa shape index (κ3) is 3.53. The van der Waals surface area contributed by atoms with Crippen molar-refractivity contribution in [2.24, 2.45) is 17.8 Å². The van der Waals surface area contributed by atoms with Crippen LogP contribution in [0.15, 0.2) is 18.2 Å². The maximum Gasteiger partial charge on any atom is 0.307 e. The van der Waals surface area contributed by atoms with E-state index in [0.29, 0.717) is 17.9 Å². The molecule has 1 aliphatic rings. The van der Waals surface area contributed by atoms with E-state index in [1.54, 1.807) is 0 Å². The lowest BCUT2D eigenvalue weighted by atomic mass is 9.95. The fourth-order valence-electron chi connectivity index (χ4n) is 2.86. The van der Waals surface area contributed by atoms with Gasteiger partial charge in [-0.25, -0.2) is 4.39 Å². The van der Waals surface area contributed by atoms with Gasteiger partial charge in [0.05, 0.1) is 17.5 Å². The van der Waals surface area contributed by atoms with Gasteiger partial charge in [0.25, 0.3) is 0 Å². The van der Waals surface area contributed by atoms with Crippen LogP contribution >= 0.6 is 11.6 Å². The first-order valence-electron chi connectivity index (χ1n) is 6.91. The maximum absolute atomic E-state index is 13.6. The summed E-state index contributed by atoms with van der Waals surface area (Å²) in [6, 6.07) is 3.86. The van der Waals surface area contributed by atoms with Crippen molar-refractivity contribution in [3.63, 3.8) is 0 Å². The summed E-state index contributed by atoms with van der Waals surface area (Å²) in [5, 5.41) is 12.0. The Morgan fingerprint density at radius 1 is 1.38 bits per heavy atom. The topological polar surface area (TPSA) is 66.4 Å². The summed E-state index contributed by atoms with van der Waals surface area (Å²) in [5.41, 5.74) is -0.0170. The Morgan fingerprint density at radius 2 is 2.05 bits per heavy atom. The summed E-state index contributed by atoms with van der Waals surface area (Å²) in [7, 11) is 0. The Hall–Kier alpha value is -1.62. The number of carbonyl (C=O) groups excluding carboxylic acids is 1. The zero-order valence-corrected chi connectivity index (χ0v) is 12.4. The van der Waals surface area contributed by atoms with Crippen LogP contribution in [-0.2, 0) is 9.59 Å². The molecule has 1 aromatic carbocycles. The van der Waals surface area contributed by atoms with Crippen LogP contribution < -0.4 is 5.32 Å². The van der Waals surface area contributed by atoms with Gasteiger partial charge in [0.15, 0.2) is 0 Å². The van der Waals surface area contributed by atoms with Gasteiger partial charge in [-0.2, -0.15) is 0 Å². The Morgan fingerprint density at radius 3 is 2.67 bits per heavy atom. The lowest BCUT2D eigenvalue weighted by molar-refractivity contribution is -0.145. The van der Waals surface area contributed by atoms with Gasteiger partial charge in [-0.05, 0) is 37.0 Å². The fourth-order valence-corrected chi connectivity index (χ4v) is 3.03. The lowest BCUT2D eigenvalue weighted by Crippen LogP contribution is -2.30. The monoisotopic (exact) mass is 313 g/mol. The van der Waals surface area contributed by atoms with E-state index in [9.17, 15) is 19.1 Å². The highest BCUT2D eigenvalue weighted by Crippen LogP contribution is 2.39. The molecule has 6 heteroatoms. The van der Waals surface area contributed by atoms with E-state index in [2.05, 4.69) is 5.32 Å². The molecule has 0 aromatic heterocycles. The van der Waals surface area contributed by atoms with E-state index >= 15 is 0 Å². The zero-order valence-electron chi connectivity index (χ0n) is 11.6. The van der Waals surface area contributed by atoms with Gasteiger partial charge in [-0.15, -0.1) is 0 Å². The van der Waals surface area contributed by atoms with E-state index in [1.807, 2.05) is 6.92 Å². The van der Waals surface area contributed by atoms with Gasteiger partial charge < -0.3 is 10.4 Å². The minimum Gasteiger partial charge on any atom is -0.481 e. The first kappa shape index (κ1) is 15.8. The Bertz CT molecular complexity index is 564. The molecule has 0 spiro atoms. The number of benzene rings is 1. The van der Waals surface area contributed by atoms with Gasteiger partial charge in [-0.1, -0.05) is 24.9 Å². The smallest absolute Gasteiger partial charge is 0.307 e. The molecule has 1 aliphatic carbocycles. The number of rotatable bonds is 4. The standard InChI is InChI=1S/C15H17ClFNO3/c1-2-8-5-10(11(6-8)15(20)21)14(19)18-13-7-9(16)3-4-12(13)17/h3-4,7-8,10-11H,2,5-6H2,1H3,(H,18,19)(H,20,21). The molecular formula is C15H17ClFNO3. The molecule has 0 aliphatic heterocycles. The first-order valence-corrected chi connectivity index (χ1v) is 7.28. The van der Waals surface area contributed by atoms with Crippen molar-refractivity contribution in [1.29, 1.82) is 0 Å². The predicted octanol–water partition coefficient (Wildman–Crippen LogP) is 3.55. The molecular weight excluding hydrogens is 297 g/mol. The minimum absolute atomic E-state index is 0.0170. The molecule has 3 unspecified atom stereocenters. The number of hydrogen-bond acceptors (Lipinski definition) is 2. The van der Waals surface area contributed by atoms with Crippen molar-refractivity contribution < 1.29 is 19.1 Å². The summed E-state index contributed by atoms with van der Waals surface area (Å²) in [6.07, 6.45) is 1.84. The quantitative estimate of drug-likeness (QED) is 0.893. The van der Waals surface area contributed by atoms with E-state index in [0.717, 1.165) is 12.5 Å². The molecule has 4 nitrogen and oxygen atoms in total. The van der Waals surface area contributed by atoms with Crippen LogP contribution in [0.25, 0.3) is 0 Å². The van der Waals surface area contributed by atoms with Crippen molar-refractivity contribution >= 4 is 29.2 Å². The Kier molecular flexibility index (Phi) is 4.83. The average molecular weight is 314 g/mol. The molecule has 0 bridgehead atoms. The number of nitrogens with one attached hydrogen (secondary N) is 1. The number of carboxylic acid groups (broad SMARTS) is 1. The molecule has 21 heavy (non-hydrogen) atoms. The molecule has 3 atom stereocenters. The number of anilines is 1.